The summed E-state index contributed by atoms with van der Waals surface area (Å²) >= 11 is 0. The molecule has 264 valence electrons. The standard InChI is InChI=1S/C37H37F4N3O6/c1-36(2,3)50-30(45)18-17-28(33(46)42-21-24-13-10-16-26(19-24)37(39,40)41)43-31(27(38)20-23-11-6-4-7-12-23)32(34(43)47)44-29(22-49-35(44)48)25-14-8-5-9-15-25/h4-16,19-20,28-29,31-32H,17-18,21-22H2,1-3H3,(H,42,46)/b27-20-/t28-,29+,31?,32?/m0/s1. The topological polar surface area (TPSA) is 105 Å². The molecule has 5 rings (SSSR count). The molecular formula is C37H37F4N3O6. The van der Waals surface area contributed by atoms with Crippen LogP contribution < -0.4 is 5.32 Å². The van der Waals surface area contributed by atoms with Gasteiger partial charge in [0.25, 0.3) is 0 Å². The highest BCUT2D eigenvalue weighted by Gasteiger charge is 2.60. The van der Waals surface area contributed by atoms with Crippen LogP contribution in [0.15, 0.2) is 90.8 Å². The van der Waals surface area contributed by atoms with Crippen LogP contribution in [0.2, 0.25) is 0 Å². The molecule has 3 aromatic rings. The number of nitrogens with one attached hydrogen (secondary N) is 1. The number of cyclic esters (lactones) is 1. The van der Waals surface area contributed by atoms with Crippen molar-refractivity contribution in [1.29, 1.82) is 0 Å². The summed E-state index contributed by atoms with van der Waals surface area (Å²) < 4.78 is 67.3. The fourth-order valence-corrected chi connectivity index (χ4v) is 6.07. The number of alkyl halides is 3. The monoisotopic (exact) mass is 695 g/mol. The molecular weight excluding hydrogens is 658 g/mol. The number of carbonyl (C=O) groups excluding carboxylic acids is 4. The number of carbonyl (C=O) groups is 4. The number of likely N-dealkylation sites (tertiary alicyclic amines) is 1. The summed E-state index contributed by atoms with van der Waals surface area (Å²) in [4.78, 5) is 56.1. The summed E-state index contributed by atoms with van der Waals surface area (Å²) in [6, 6.07) is 16.5. The second kappa shape index (κ2) is 14.7. The van der Waals surface area contributed by atoms with Gasteiger partial charge in [0, 0.05) is 13.0 Å². The Balaban J connectivity index is 1.50. The van der Waals surface area contributed by atoms with Crippen LogP contribution in [0.25, 0.3) is 6.08 Å². The lowest BCUT2D eigenvalue weighted by Gasteiger charge is -2.52. The Kier molecular flexibility index (Phi) is 10.6. The molecule has 2 unspecified atom stereocenters. The van der Waals surface area contributed by atoms with Crippen LogP contribution in [0.1, 0.15) is 61.9 Å². The lowest BCUT2D eigenvalue weighted by molar-refractivity contribution is -0.166. The molecule has 0 aliphatic carbocycles. The van der Waals surface area contributed by atoms with Gasteiger partial charge in [-0.2, -0.15) is 13.2 Å². The summed E-state index contributed by atoms with van der Waals surface area (Å²) in [5.41, 5.74) is -0.539. The molecule has 2 heterocycles. The average Bonchev–Trinajstić information content (AvgIpc) is 3.43. The molecule has 0 spiro atoms. The third-order valence-corrected chi connectivity index (χ3v) is 8.29. The number of esters is 1. The molecule has 0 saturated carbocycles. The summed E-state index contributed by atoms with van der Waals surface area (Å²) in [5, 5.41) is 2.56. The second-order valence-electron chi connectivity index (χ2n) is 13.0. The van der Waals surface area contributed by atoms with Gasteiger partial charge in [0.2, 0.25) is 11.8 Å². The molecule has 2 aliphatic heterocycles. The van der Waals surface area contributed by atoms with E-state index in [1.54, 1.807) is 81.4 Å². The van der Waals surface area contributed by atoms with Gasteiger partial charge in [0.15, 0.2) is 0 Å². The number of benzene rings is 3. The molecule has 9 nitrogen and oxygen atoms in total. The number of β-lactam (4-membered cyclic amide) rings is 1. The molecule has 50 heavy (non-hydrogen) atoms. The zero-order valence-electron chi connectivity index (χ0n) is 27.7. The van der Waals surface area contributed by atoms with Gasteiger partial charge in [-0.25, -0.2) is 9.18 Å². The maximum absolute atomic E-state index is 16.5. The van der Waals surface area contributed by atoms with Gasteiger partial charge in [-0.15, -0.1) is 0 Å². The Hall–Kier alpha value is -5.20. The van der Waals surface area contributed by atoms with Crippen LogP contribution in [0.4, 0.5) is 22.4 Å². The molecule has 2 aliphatic rings. The normalized spacial score (nSPS) is 20.2. The highest BCUT2D eigenvalue weighted by atomic mass is 19.4. The third-order valence-electron chi connectivity index (χ3n) is 8.29. The van der Waals surface area contributed by atoms with Crippen LogP contribution in [-0.4, -0.2) is 64.0 Å². The maximum atomic E-state index is 16.5. The maximum Gasteiger partial charge on any atom is 0.416 e. The largest absolute Gasteiger partial charge is 0.460 e. The smallest absolute Gasteiger partial charge is 0.416 e. The van der Waals surface area contributed by atoms with Gasteiger partial charge in [-0.3, -0.25) is 19.3 Å². The van der Waals surface area contributed by atoms with Crippen molar-refractivity contribution in [2.24, 2.45) is 0 Å². The van der Waals surface area contributed by atoms with Gasteiger partial charge in [-0.1, -0.05) is 72.8 Å². The summed E-state index contributed by atoms with van der Waals surface area (Å²) in [6.45, 7) is 4.53. The fourth-order valence-electron chi connectivity index (χ4n) is 6.07. The van der Waals surface area contributed by atoms with Gasteiger partial charge in [-0.05, 0) is 62.1 Å². The number of rotatable bonds is 11. The summed E-state index contributed by atoms with van der Waals surface area (Å²) in [5.74, 6) is -3.12. The van der Waals surface area contributed by atoms with Crippen molar-refractivity contribution in [2.75, 3.05) is 6.61 Å². The van der Waals surface area contributed by atoms with Crippen molar-refractivity contribution in [3.63, 3.8) is 0 Å². The Morgan fingerprint density at radius 1 is 0.980 bits per heavy atom. The van der Waals surface area contributed by atoms with Crippen molar-refractivity contribution in [3.05, 3.63) is 113 Å². The lowest BCUT2D eigenvalue weighted by Crippen LogP contribution is -2.75. The predicted octanol–water partition coefficient (Wildman–Crippen LogP) is 6.60. The van der Waals surface area contributed by atoms with Crippen molar-refractivity contribution >= 4 is 30.0 Å². The zero-order chi connectivity index (χ0) is 36.2. The van der Waals surface area contributed by atoms with E-state index in [0.717, 1.165) is 17.0 Å². The Morgan fingerprint density at radius 3 is 2.28 bits per heavy atom. The molecule has 2 saturated heterocycles. The van der Waals surface area contributed by atoms with E-state index in [0.29, 0.717) is 11.1 Å². The van der Waals surface area contributed by atoms with E-state index in [-0.39, 0.29) is 31.6 Å². The van der Waals surface area contributed by atoms with Gasteiger partial charge in [0.1, 0.15) is 36.2 Å². The highest BCUT2D eigenvalue weighted by molar-refractivity contribution is 5.98. The number of amides is 3. The Bertz CT molecular complexity index is 1740. The molecule has 0 bridgehead atoms. The number of hydrogen-bond acceptors (Lipinski definition) is 6. The van der Waals surface area contributed by atoms with Crippen LogP contribution in [0, 0.1) is 0 Å². The number of hydrogen-bond donors (Lipinski definition) is 1. The van der Waals surface area contributed by atoms with Crippen molar-refractivity contribution < 1.29 is 46.2 Å². The predicted molar refractivity (Wildman–Crippen MR) is 174 cm³/mol. The molecule has 0 radical (unpaired) electrons. The molecule has 13 heteroatoms. The number of nitrogens with zero attached hydrogens (tertiary/aromatic N) is 2. The quantitative estimate of drug-likeness (QED) is 0.138. The molecule has 2 fully saturated rings. The first-order chi connectivity index (χ1) is 23.6. The van der Waals surface area contributed by atoms with Crippen molar-refractivity contribution in [3.8, 4) is 0 Å². The third kappa shape index (κ3) is 8.32. The zero-order valence-corrected chi connectivity index (χ0v) is 27.7. The van der Waals surface area contributed by atoms with Crippen molar-refractivity contribution in [1.82, 2.24) is 15.1 Å². The van der Waals surface area contributed by atoms with E-state index in [1.165, 1.54) is 23.1 Å². The van der Waals surface area contributed by atoms with E-state index < -0.39 is 71.2 Å². The minimum absolute atomic E-state index is 0.0943. The number of ether oxygens (including phenoxy) is 2. The average molecular weight is 696 g/mol. The van der Waals surface area contributed by atoms with Crippen LogP contribution >= 0.6 is 0 Å². The molecule has 4 atom stereocenters. The van der Waals surface area contributed by atoms with Crippen LogP contribution in [0.3, 0.4) is 0 Å². The van der Waals surface area contributed by atoms with Crippen LogP contribution in [0.5, 0.6) is 0 Å². The molecule has 3 amide bonds. The SMILES string of the molecule is CC(C)(C)OC(=O)CC[C@@H](C(=O)NCc1cccc(C(F)(F)F)c1)N1C(=O)C(N2C(=O)OC[C@@H]2c2ccccc2)C1/C(F)=C/c1ccccc1. The van der Waals surface area contributed by atoms with E-state index in [9.17, 15) is 32.3 Å². The molecule has 3 aromatic carbocycles. The highest BCUT2D eigenvalue weighted by Crippen LogP contribution is 2.41. The van der Waals surface area contributed by atoms with Gasteiger partial charge < -0.3 is 19.7 Å². The molecule has 0 aromatic heterocycles. The van der Waals surface area contributed by atoms with Gasteiger partial charge in [0.05, 0.1) is 11.6 Å². The van der Waals surface area contributed by atoms with E-state index in [4.69, 9.17) is 9.47 Å². The first-order valence-corrected chi connectivity index (χ1v) is 16.0. The van der Waals surface area contributed by atoms with E-state index in [2.05, 4.69) is 5.32 Å². The number of halogens is 4. The van der Waals surface area contributed by atoms with Crippen molar-refractivity contribution in [2.45, 2.75) is 76.1 Å². The second-order valence-corrected chi connectivity index (χ2v) is 13.0. The van der Waals surface area contributed by atoms with E-state index >= 15 is 4.39 Å². The lowest BCUT2D eigenvalue weighted by atomic mass is 9.86. The fraction of sp³-hybridized carbons (Fsp3) is 0.351. The first kappa shape index (κ1) is 36.1. The molecule has 1 N–H and O–H groups in total. The van der Waals surface area contributed by atoms with E-state index in [1.807, 2.05) is 0 Å². The Labute approximate surface area is 286 Å². The van der Waals surface area contributed by atoms with Crippen LogP contribution in [-0.2, 0) is 36.6 Å². The summed E-state index contributed by atoms with van der Waals surface area (Å²) in [7, 11) is 0. The minimum Gasteiger partial charge on any atom is -0.460 e. The Morgan fingerprint density at radius 2 is 1.64 bits per heavy atom. The summed E-state index contributed by atoms with van der Waals surface area (Å²) in [6.07, 6.45) is -4.90. The minimum atomic E-state index is -4.61. The van der Waals surface area contributed by atoms with Gasteiger partial charge >= 0.3 is 18.2 Å². The first-order valence-electron chi connectivity index (χ1n) is 16.0.